The predicted octanol–water partition coefficient (Wildman–Crippen LogP) is 3.73. The average Bonchev–Trinajstić information content (AvgIpc) is 2.40. The van der Waals surface area contributed by atoms with Crippen LogP contribution in [0, 0.1) is 13.8 Å². The fourth-order valence-electron chi connectivity index (χ4n) is 1.86. The van der Waals surface area contributed by atoms with Gasteiger partial charge in [-0.2, -0.15) is 0 Å². The molecule has 0 spiro atoms. The summed E-state index contributed by atoms with van der Waals surface area (Å²) < 4.78 is 26.5. The summed E-state index contributed by atoms with van der Waals surface area (Å²) in [5, 5.41) is 0.792. The van der Waals surface area contributed by atoms with E-state index >= 15 is 0 Å². The monoisotopic (exact) mass is 357 g/mol. The van der Waals surface area contributed by atoms with Crippen molar-refractivity contribution in [2.75, 3.05) is 0 Å². The third-order valence-electron chi connectivity index (χ3n) is 3.11. The Balaban J connectivity index is 2.31. The molecule has 0 saturated heterocycles. The molecule has 0 aliphatic rings. The molecule has 7 heteroatoms. The first-order valence-electron chi connectivity index (χ1n) is 6.30. The second-order valence-corrected chi connectivity index (χ2v) is 7.33. The van der Waals surface area contributed by atoms with Gasteiger partial charge in [-0.1, -0.05) is 29.3 Å². The number of hydrogen-bond acceptors (Lipinski definition) is 3. The number of sulfonamides is 1. The minimum atomic E-state index is -3.99. The zero-order chi connectivity index (χ0) is 16.5. The van der Waals surface area contributed by atoms with Gasteiger partial charge >= 0.3 is 0 Å². The van der Waals surface area contributed by atoms with Gasteiger partial charge in [0, 0.05) is 15.6 Å². The van der Waals surface area contributed by atoms with Gasteiger partial charge in [-0.3, -0.25) is 4.79 Å². The van der Waals surface area contributed by atoms with E-state index in [1.54, 1.807) is 26.0 Å². The lowest BCUT2D eigenvalue weighted by atomic mass is 10.1. The van der Waals surface area contributed by atoms with Crippen LogP contribution in [0.25, 0.3) is 0 Å². The zero-order valence-electron chi connectivity index (χ0n) is 11.9. The molecule has 0 aromatic heterocycles. The van der Waals surface area contributed by atoms with Gasteiger partial charge in [-0.25, -0.2) is 13.1 Å². The first-order chi connectivity index (χ1) is 10.2. The first kappa shape index (κ1) is 16.8. The minimum absolute atomic E-state index is 0.0666. The van der Waals surface area contributed by atoms with Crippen molar-refractivity contribution in [2.45, 2.75) is 18.7 Å². The highest BCUT2D eigenvalue weighted by molar-refractivity contribution is 7.90. The fourth-order valence-corrected chi connectivity index (χ4v) is 3.32. The van der Waals surface area contributed by atoms with Gasteiger partial charge in [-0.15, -0.1) is 0 Å². The number of benzene rings is 2. The number of halogens is 2. The Bertz CT molecular complexity index is 848. The molecule has 0 fully saturated rings. The van der Waals surface area contributed by atoms with Crippen molar-refractivity contribution in [1.82, 2.24) is 4.72 Å². The summed E-state index contributed by atoms with van der Waals surface area (Å²) in [6.07, 6.45) is 0. The molecule has 0 heterocycles. The Labute approximate surface area is 139 Å². The molecule has 0 atom stereocenters. The van der Waals surface area contributed by atoms with Crippen molar-refractivity contribution in [1.29, 1.82) is 0 Å². The van der Waals surface area contributed by atoms with E-state index in [2.05, 4.69) is 0 Å². The number of amides is 1. The quantitative estimate of drug-likeness (QED) is 0.909. The van der Waals surface area contributed by atoms with E-state index in [1.165, 1.54) is 24.3 Å². The Morgan fingerprint density at radius 1 is 1.00 bits per heavy atom. The number of rotatable bonds is 3. The molecular weight excluding hydrogens is 345 g/mol. The second-order valence-electron chi connectivity index (χ2n) is 4.80. The summed E-state index contributed by atoms with van der Waals surface area (Å²) in [5.41, 5.74) is 1.58. The predicted molar refractivity (Wildman–Crippen MR) is 87.0 cm³/mol. The topological polar surface area (TPSA) is 63.2 Å². The number of nitrogens with one attached hydrogen (secondary N) is 1. The third kappa shape index (κ3) is 3.61. The van der Waals surface area contributed by atoms with Gasteiger partial charge < -0.3 is 0 Å². The Morgan fingerprint density at radius 2 is 1.68 bits per heavy atom. The lowest BCUT2D eigenvalue weighted by Gasteiger charge is -2.10. The van der Waals surface area contributed by atoms with E-state index in [-0.39, 0.29) is 10.5 Å². The van der Waals surface area contributed by atoms with Gasteiger partial charge in [0.15, 0.2) is 0 Å². The second kappa shape index (κ2) is 6.28. The van der Waals surface area contributed by atoms with Crippen molar-refractivity contribution in [3.63, 3.8) is 0 Å². The third-order valence-corrected chi connectivity index (χ3v) is 5.08. The fraction of sp³-hybridized carbons (Fsp3) is 0.133. The van der Waals surface area contributed by atoms with E-state index in [0.29, 0.717) is 15.6 Å². The summed E-state index contributed by atoms with van der Waals surface area (Å²) in [4.78, 5) is 12.1. The SMILES string of the molecule is Cc1ccc(S(=O)(=O)NC(=O)c2ccc(Cl)cc2C)cc1Cl. The number of carbonyl (C=O) groups excluding carboxylic acids is 1. The molecule has 2 aromatic rings. The van der Waals surface area contributed by atoms with E-state index < -0.39 is 15.9 Å². The molecule has 1 amide bonds. The maximum Gasteiger partial charge on any atom is 0.265 e. The number of aryl methyl sites for hydroxylation is 2. The van der Waals surface area contributed by atoms with Gasteiger partial charge in [0.1, 0.15) is 0 Å². The van der Waals surface area contributed by atoms with Gasteiger partial charge in [0.2, 0.25) is 0 Å². The van der Waals surface area contributed by atoms with Crippen molar-refractivity contribution in [3.05, 3.63) is 63.1 Å². The minimum Gasteiger partial charge on any atom is -0.268 e. The molecular formula is C15H13Cl2NO3S. The molecule has 0 unspecified atom stereocenters. The highest BCUT2D eigenvalue weighted by Gasteiger charge is 2.20. The van der Waals surface area contributed by atoms with Crippen LogP contribution in [0.2, 0.25) is 10.0 Å². The van der Waals surface area contributed by atoms with Crippen LogP contribution in [-0.2, 0) is 10.0 Å². The Hall–Kier alpha value is -1.56. The maximum atomic E-state index is 12.2. The smallest absolute Gasteiger partial charge is 0.265 e. The highest BCUT2D eigenvalue weighted by atomic mass is 35.5. The summed E-state index contributed by atoms with van der Waals surface area (Å²) in [5.74, 6) is -0.717. The highest BCUT2D eigenvalue weighted by Crippen LogP contribution is 2.21. The molecule has 0 aliphatic heterocycles. The van der Waals surface area contributed by atoms with Crippen molar-refractivity contribution in [2.24, 2.45) is 0 Å². The van der Waals surface area contributed by atoms with Crippen molar-refractivity contribution >= 4 is 39.1 Å². The first-order valence-corrected chi connectivity index (χ1v) is 8.54. The lowest BCUT2D eigenvalue weighted by molar-refractivity contribution is 0.0981. The van der Waals surface area contributed by atoms with Crippen molar-refractivity contribution in [3.8, 4) is 0 Å². The van der Waals surface area contributed by atoms with E-state index in [0.717, 1.165) is 5.56 Å². The zero-order valence-corrected chi connectivity index (χ0v) is 14.2. The van der Waals surface area contributed by atoms with Gasteiger partial charge in [-0.05, 0) is 55.3 Å². The van der Waals surface area contributed by atoms with Gasteiger partial charge in [0.25, 0.3) is 15.9 Å². The maximum absolute atomic E-state index is 12.2. The lowest BCUT2D eigenvalue weighted by Crippen LogP contribution is -2.31. The molecule has 2 aromatic carbocycles. The van der Waals surface area contributed by atoms with E-state index in [1.807, 2.05) is 4.72 Å². The normalized spacial score (nSPS) is 11.3. The Morgan fingerprint density at radius 3 is 2.27 bits per heavy atom. The number of hydrogen-bond donors (Lipinski definition) is 1. The molecule has 4 nitrogen and oxygen atoms in total. The summed E-state index contributed by atoms with van der Waals surface area (Å²) in [7, 11) is -3.99. The Kier molecular flexibility index (Phi) is 4.80. The van der Waals surface area contributed by atoms with Crippen LogP contribution in [0.3, 0.4) is 0 Å². The van der Waals surface area contributed by atoms with Crippen LogP contribution in [-0.4, -0.2) is 14.3 Å². The van der Waals surface area contributed by atoms with Gasteiger partial charge in [0.05, 0.1) is 4.90 Å². The summed E-state index contributed by atoms with van der Waals surface area (Å²) in [6, 6.07) is 8.87. The van der Waals surface area contributed by atoms with Crippen LogP contribution in [0.1, 0.15) is 21.5 Å². The molecule has 2 rings (SSSR count). The molecule has 0 radical (unpaired) electrons. The standard InChI is InChI=1S/C15H13Cl2NO3S/c1-9-3-5-12(8-14(9)17)22(20,21)18-15(19)13-6-4-11(16)7-10(13)2/h3-8H,1-2H3,(H,18,19). The molecule has 22 heavy (non-hydrogen) atoms. The van der Waals surface area contributed by atoms with Crippen LogP contribution < -0.4 is 4.72 Å². The summed E-state index contributed by atoms with van der Waals surface area (Å²) >= 11 is 11.7. The molecule has 0 saturated carbocycles. The van der Waals surface area contributed by atoms with Crippen LogP contribution >= 0.6 is 23.2 Å². The summed E-state index contributed by atoms with van der Waals surface area (Å²) in [6.45, 7) is 3.44. The van der Waals surface area contributed by atoms with Crippen LogP contribution in [0.15, 0.2) is 41.3 Å². The molecule has 0 bridgehead atoms. The molecule has 0 aliphatic carbocycles. The van der Waals surface area contributed by atoms with Crippen molar-refractivity contribution < 1.29 is 13.2 Å². The average molecular weight is 358 g/mol. The largest absolute Gasteiger partial charge is 0.268 e. The van der Waals surface area contributed by atoms with E-state index in [4.69, 9.17) is 23.2 Å². The van der Waals surface area contributed by atoms with Crippen LogP contribution in [0.5, 0.6) is 0 Å². The molecule has 116 valence electrons. The van der Waals surface area contributed by atoms with E-state index in [9.17, 15) is 13.2 Å². The van der Waals surface area contributed by atoms with Crippen LogP contribution in [0.4, 0.5) is 0 Å². The number of carbonyl (C=O) groups is 1. The molecule has 1 N–H and O–H groups in total.